The molecular weight excluding hydrogens is 665 g/mol. The van der Waals surface area contributed by atoms with Crippen LogP contribution in [0.4, 0.5) is 0 Å². The zero-order valence-corrected chi connectivity index (χ0v) is 29.3. The molecule has 4 nitrogen and oxygen atoms in total. The van der Waals surface area contributed by atoms with Gasteiger partial charge in [0.15, 0.2) is 17.5 Å². The van der Waals surface area contributed by atoms with E-state index in [4.69, 9.17) is 19.9 Å². The molecule has 0 atom stereocenters. The number of benzene rings is 7. The number of pyridine rings is 1. The lowest BCUT2D eigenvalue weighted by molar-refractivity contribution is 1.07. The largest absolute Gasteiger partial charge is 0.247 e. The number of aromatic nitrogens is 4. The van der Waals surface area contributed by atoms with Gasteiger partial charge in [0, 0.05) is 47.8 Å². The number of rotatable bonds is 6. The average Bonchev–Trinajstić information content (AvgIpc) is 3.64. The molecule has 53 heavy (non-hydrogen) atoms. The van der Waals surface area contributed by atoms with Gasteiger partial charge < -0.3 is 0 Å². The summed E-state index contributed by atoms with van der Waals surface area (Å²) in [6.45, 7) is 0. The Hall–Kier alpha value is -6.82. The molecule has 0 bridgehead atoms. The molecule has 0 saturated heterocycles. The van der Waals surface area contributed by atoms with Gasteiger partial charge in [-0.25, -0.2) is 19.9 Å². The number of fused-ring (bicyclic) bond motifs is 5. The molecule has 0 radical (unpaired) electrons. The molecule has 10 rings (SSSR count). The first-order chi connectivity index (χ1) is 26.2. The first-order valence-electron chi connectivity index (χ1n) is 17.6. The maximum absolute atomic E-state index is 5.36. The third-order valence-corrected chi connectivity index (χ3v) is 11.0. The van der Waals surface area contributed by atoms with Crippen LogP contribution in [0.2, 0.25) is 0 Å². The zero-order valence-electron chi connectivity index (χ0n) is 28.5. The second kappa shape index (κ2) is 13.1. The van der Waals surface area contributed by atoms with Gasteiger partial charge in [-0.15, -0.1) is 11.3 Å². The summed E-state index contributed by atoms with van der Waals surface area (Å²) in [5.74, 6) is 1.84. The molecule has 5 heteroatoms. The molecule has 0 aliphatic heterocycles. The molecule has 0 saturated carbocycles. The molecule has 3 aromatic heterocycles. The van der Waals surface area contributed by atoms with E-state index >= 15 is 0 Å². The summed E-state index contributed by atoms with van der Waals surface area (Å²) >= 11 is 1.82. The highest BCUT2D eigenvalue weighted by Gasteiger charge is 2.18. The average molecular weight is 695 g/mol. The minimum atomic E-state index is 0.602. The maximum atomic E-state index is 5.36. The topological polar surface area (TPSA) is 51.6 Å². The van der Waals surface area contributed by atoms with E-state index in [0.717, 1.165) is 50.0 Å². The first kappa shape index (κ1) is 31.0. The molecule has 0 amide bonds. The molecule has 10 aromatic rings. The van der Waals surface area contributed by atoms with Crippen LogP contribution in [-0.2, 0) is 0 Å². The van der Waals surface area contributed by atoms with Crippen molar-refractivity contribution in [3.63, 3.8) is 0 Å². The lowest BCUT2D eigenvalue weighted by Crippen LogP contribution is -2.00. The monoisotopic (exact) mass is 694 g/mol. The Balaban J connectivity index is 1.14. The summed E-state index contributed by atoms with van der Waals surface area (Å²) in [5.41, 5.74) is 10.3. The Bertz CT molecular complexity index is 2800. The summed E-state index contributed by atoms with van der Waals surface area (Å²) in [7, 11) is 0. The molecule has 0 aliphatic carbocycles. The standard InChI is InChI=1S/C48H30N4S/c1-4-12-31(13-5-1)33-20-24-36(25-21-33)46-50-47(37-26-22-34(23-27-37)32-14-6-2-7-15-32)52-48(51-46)38-28-29-39-41(30-38)49-44(35-16-8-3-9-17-35)43-40-18-10-11-19-42(40)53-45(39)43/h1-30H. The fraction of sp³-hybridized carbons (Fsp3) is 0. The van der Waals surface area contributed by atoms with Gasteiger partial charge in [0.05, 0.1) is 11.2 Å². The fourth-order valence-corrected chi connectivity index (χ4v) is 8.29. The molecule has 0 N–H and O–H groups in total. The minimum Gasteiger partial charge on any atom is -0.247 e. The van der Waals surface area contributed by atoms with Crippen molar-refractivity contribution in [3.8, 4) is 67.7 Å². The summed E-state index contributed by atoms with van der Waals surface area (Å²) < 4.78 is 2.48. The van der Waals surface area contributed by atoms with Crippen molar-refractivity contribution in [1.29, 1.82) is 0 Å². The van der Waals surface area contributed by atoms with E-state index in [1.165, 1.54) is 31.3 Å². The second-order valence-corrected chi connectivity index (χ2v) is 14.1. The number of hydrogen-bond acceptors (Lipinski definition) is 5. The van der Waals surface area contributed by atoms with E-state index in [0.29, 0.717) is 17.5 Å². The van der Waals surface area contributed by atoms with Crippen molar-refractivity contribution in [2.45, 2.75) is 0 Å². The van der Waals surface area contributed by atoms with E-state index in [9.17, 15) is 0 Å². The van der Waals surface area contributed by atoms with Crippen LogP contribution in [0.5, 0.6) is 0 Å². The molecule has 248 valence electrons. The maximum Gasteiger partial charge on any atom is 0.164 e. The van der Waals surface area contributed by atoms with Gasteiger partial charge in [0.2, 0.25) is 0 Å². The van der Waals surface area contributed by atoms with Crippen molar-refractivity contribution < 1.29 is 0 Å². The van der Waals surface area contributed by atoms with Crippen LogP contribution < -0.4 is 0 Å². The van der Waals surface area contributed by atoms with Gasteiger partial charge in [-0.1, -0.05) is 170 Å². The van der Waals surface area contributed by atoms with Crippen molar-refractivity contribution >= 4 is 42.4 Å². The van der Waals surface area contributed by atoms with Crippen LogP contribution in [0.3, 0.4) is 0 Å². The van der Waals surface area contributed by atoms with E-state index in [2.05, 4.69) is 164 Å². The third kappa shape index (κ3) is 5.74. The highest BCUT2D eigenvalue weighted by Crippen LogP contribution is 2.43. The van der Waals surface area contributed by atoms with Crippen LogP contribution in [0.25, 0.3) is 98.7 Å². The minimum absolute atomic E-state index is 0.602. The Labute approximate surface area is 310 Å². The normalized spacial score (nSPS) is 11.4. The van der Waals surface area contributed by atoms with Crippen molar-refractivity contribution in [2.24, 2.45) is 0 Å². The highest BCUT2D eigenvalue weighted by atomic mass is 32.1. The van der Waals surface area contributed by atoms with Gasteiger partial charge >= 0.3 is 0 Å². The van der Waals surface area contributed by atoms with Gasteiger partial charge in [-0.2, -0.15) is 0 Å². The zero-order chi connectivity index (χ0) is 35.1. The van der Waals surface area contributed by atoms with Gasteiger partial charge in [0.25, 0.3) is 0 Å². The van der Waals surface area contributed by atoms with E-state index < -0.39 is 0 Å². The van der Waals surface area contributed by atoms with Crippen LogP contribution >= 0.6 is 11.3 Å². The van der Waals surface area contributed by atoms with E-state index in [1.54, 1.807) is 0 Å². The Morgan fingerprint density at radius 2 is 0.755 bits per heavy atom. The third-order valence-electron chi connectivity index (χ3n) is 9.75. The summed E-state index contributed by atoms with van der Waals surface area (Å²) in [4.78, 5) is 20.6. The van der Waals surface area contributed by atoms with Crippen LogP contribution in [0, 0.1) is 0 Å². The Morgan fingerprint density at radius 3 is 1.32 bits per heavy atom. The van der Waals surface area contributed by atoms with Gasteiger partial charge in [-0.05, 0) is 34.4 Å². The quantitative estimate of drug-likeness (QED) is 0.174. The molecule has 0 fully saturated rings. The van der Waals surface area contributed by atoms with Crippen molar-refractivity contribution in [2.75, 3.05) is 0 Å². The van der Waals surface area contributed by atoms with Crippen LogP contribution in [0.15, 0.2) is 182 Å². The van der Waals surface area contributed by atoms with Crippen LogP contribution in [0.1, 0.15) is 0 Å². The Morgan fingerprint density at radius 1 is 0.321 bits per heavy atom. The van der Waals surface area contributed by atoms with E-state index in [-0.39, 0.29) is 0 Å². The SMILES string of the molecule is c1ccc(-c2ccc(-c3nc(-c4ccc(-c5ccccc5)cc4)nc(-c4ccc5c(c4)nc(-c4ccccc4)c4c6ccccc6sc54)n3)cc2)cc1. The summed E-state index contributed by atoms with van der Waals surface area (Å²) in [6, 6.07) is 63.2. The molecule has 0 aliphatic rings. The number of nitrogens with zero attached hydrogens (tertiary/aromatic N) is 4. The second-order valence-electron chi connectivity index (χ2n) is 13.1. The Kier molecular flexibility index (Phi) is 7.63. The lowest BCUT2D eigenvalue weighted by Gasteiger charge is -2.11. The highest BCUT2D eigenvalue weighted by molar-refractivity contribution is 7.26. The first-order valence-corrected chi connectivity index (χ1v) is 18.5. The number of hydrogen-bond donors (Lipinski definition) is 0. The van der Waals surface area contributed by atoms with Gasteiger partial charge in [-0.3, -0.25) is 0 Å². The molecule has 3 heterocycles. The van der Waals surface area contributed by atoms with Crippen LogP contribution in [-0.4, -0.2) is 19.9 Å². The predicted molar refractivity (Wildman–Crippen MR) is 221 cm³/mol. The predicted octanol–water partition coefficient (Wildman–Crippen LogP) is 12.8. The van der Waals surface area contributed by atoms with E-state index in [1.807, 2.05) is 29.5 Å². The molecular formula is C48H30N4S. The molecule has 0 spiro atoms. The van der Waals surface area contributed by atoms with Gasteiger partial charge in [0.1, 0.15) is 0 Å². The number of thiophene rings is 1. The molecule has 0 unspecified atom stereocenters. The smallest absolute Gasteiger partial charge is 0.164 e. The fourth-order valence-electron chi connectivity index (χ4n) is 7.05. The summed E-state index contributed by atoms with van der Waals surface area (Å²) in [6.07, 6.45) is 0. The van der Waals surface area contributed by atoms with Crippen molar-refractivity contribution in [3.05, 3.63) is 182 Å². The summed E-state index contributed by atoms with van der Waals surface area (Å²) in [5, 5.41) is 3.54. The lowest BCUT2D eigenvalue weighted by atomic mass is 10.0. The molecule has 7 aromatic carbocycles. The van der Waals surface area contributed by atoms with Crippen molar-refractivity contribution in [1.82, 2.24) is 19.9 Å².